The van der Waals surface area contributed by atoms with E-state index in [2.05, 4.69) is 15.0 Å². The monoisotopic (exact) mass is 318 g/mol. The quantitative estimate of drug-likeness (QED) is 0.835. The highest BCUT2D eigenvalue weighted by Gasteiger charge is 2.32. The van der Waals surface area contributed by atoms with Crippen molar-refractivity contribution in [3.05, 3.63) is 11.1 Å². The molecule has 1 unspecified atom stereocenters. The highest BCUT2D eigenvalue weighted by Crippen LogP contribution is 2.23. The van der Waals surface area contributed by atoms with E-state index in [4.69, 9.17) is 0 Å². The van der Waals surface area contributed by atoms with E-state index in [-0.39, 0.29) is 6.04 Å². The van der Waals surface area contributed by atoms with E-state index in [0.29, 0.717) is 18.2 Å². The molecule has 20 heavy (non-hydrogen) atoms. The maximum atomic E-state index is 12.5. The number of likely N-dealkylation sites (N-methyl/N-ethyl adjacent to an activating group) is 1. The van der Waals surface area contributed by atoms with E-state index in [9.17, 15) is 8.42 Å². The van der Waals surface area contributed by atoms with Gasteiger partial charge in [-0.3, -0.25) is 0 Å². The zero-order chi connectivity index (χ0) is 14.6. The first-order valence-electron chi connectivity index (χ1n) is 6.95. The Labute approximate surface area is 124 Å². The number of nitrogens with zero attached hydrogens (tertiary/aromatic N) is 2. The first-order valence-corrected chi connectivity index (χ1v) is 9.21. The second-order valence-electron chi connectivity index (χ2n) is 4.95. The van der Waals surface area contributed by atoms with Crippen LogP contribution in [0.2, 0.25) is 0 Å². The zero-order valence-electron chi connectivity index (χ0n) is 11.9. The summed E-state index contributed by atoms with van der Waals surface area (Å²) in [4.78, 5) is 5.06. The second kappa shape index (κ2) is 6.84. The van der Waals surface area contributed by atoms with Crippen LogP contribution in [0.4, 0.5) is 5.13 Å². The van der Waals surface area contributed by atoms with Crippen LogP contribution in [0, 0.1) is 6.92 Å². The number of rotatable bonds is 6. The van der Waals surface area contributed by atoms with Gasteiger partial charge in [-0.25, -0.2) is 9.71 Å². The van der Waals surface area contributed by atoms with Crippen LogP contribution in [0.25, 0.3) is 0 Å². The summed E-state index contributed by atoms with van der Waals surface area (Å²) in [6, 6.07) is 0.0299. The average Bonchev–Trinajstić information content (AvgIpc) is 2.81. The van der Waals surface area contributed by atoms with E-state index < -0.39 is 10.2 Å². The van der Waals surface area contributed by atoms with Crippen LogP contribution in [0.1, 0.15) is 31.1 Å². The summed E-state index contributed by atoms with van der Waals surface area (Å²) in [5.41, 5.74) is 0. The summed E-state index contributed by atoms with van der Waals surface area (Å²) in [6.07, 6.45) is 4.58. The Hall–Kier alpha value is -0.700. The molecule has 0 aliphatic carbocycles. The van der Waals surface area contributed by atoms with Gasteiger partial charge in [-0.2, -0.15) is 12.7 Å². The molecule has 2 heterocycles. The maximum Gasteiger partial charge on any atom is 0.303 e. The average molecular weight is 318 g/mol. The van der Waals surface area contributed by atoms with E-state index in [0.717, 1.165) is 30.7 Å². The number of aryl methyl sites for hydroxylation is 1. The minimum atomic E-state index is -3.51. The minimum absolute atomic E-state index is 0.0299. The van der Waals surface area contributed by atoms with Gasteiger partial charge in [0.25, 0.3) is 0 Å². The van der Waals surface area contributed by atoms with Gasteiger partial charge < -0.3 is 5.32 Å². The summed E-state index contributed by atoms with van der Waals surface area (Å²) in [7, 11) is -3.51. The van der Waals surface area contributed by atoms with Crippen molar-refractivity contribution < 1.29 is 8.42 Å². The molecule has 0 radical (unpaired) electrons. The fourth-order valence-corrected chi connectivity index (χ4v) is 4.71. The first-order chi connectivity index (χ1) is 9.53. The Kier molecular flexibility index (Phi) is 5.36. The van der Waals surface area contributed by atoms with Gasteiger partial charge in [0.2, 0.25) is 0 Å². The van der Waals surface area contributed by atoms with E-state index >= 15 is 0 Å². The molecule has 0 bridgehead atoms. The molecular formula is C12H22N4O2S2. The molecular weight excluding hydrogens is 296 g/mol. The molecule has 8 heteroatoms. The number of nitrogens with one attached hydrogen (secondary N) is 2. The largest absolute Gasteiger partial charge is 0.315 e. The van der Waals surface area contributed by atoms with Crippen molar-refractivity contribution in [2.75, 3.05) is 24.4 Å². The van der Waals surface area contributed by atoms with Crippen LogP contribution in [-0.4, -0.2) is 43.4 Å². The van der Waals surface area contributed by atoms with Crippen molar-refractivity contribution in [3.63, 3.8) is 0 Å². The third kappa shape index (κ3) is 3.91. The molecule has 1 saturated heterocycles. The third-order valence-corrected chi connectivity index (χ3v) is 5.86. The number of piperidine rings is 1. The van der Waals surface area contributed by atoms with Crippen molar-refractivity contribution in [2.24, 2.45) is 0 Å². The number of thiazole rings is 1. The summed E-state index contributed by atoms with van der Waals surface area (Å²) in [5, 5.41) is 3.68. The Morgan fingerprint density at radius 1 is 1.50 bits per heavy atom. The lowest BCUT2D eigenvalue weighted by atomic mass is 10.1. The van der Waals surface area contributed by atoms with E-state index in [1.165, 1.54) is 11.3 Å². The summed E-state index contributed by atoms with van der Waals surface area (Å²) in [6.45, 7) is 6.07. The molecule has 1 fully saturated rings. The van der Waals surface area contributed by atoms with Crippen molar-refractivity contribution in [3.8, 4) is 0 Å². The standard InChI is InChI=1S/C12H22N4O2S2/c1-3-13-9-11-6-4-5-7-16(11)20(17,18)15-12-14-8-10(2)19-12/h8,11,13H,3-7,9H2,1-2H3,(H,14,15). The highest BCUT2D eigenvalue weighted by molar-refractivity contribution is 7.90. The molecule has 114 valence electrons. The SMILES string of the molecule is CCNCC1CCCCN1S(=O)(=O)Nc1ncc(C)s1. The smallest absolute Gasteiger partial charge is 0.303 e. The molecule has 0 aromatic carbocycles. The van der Waals surface area contributed by atoms with Crippen LogP contribution in [0.3, 0.4) is 0 Å². The Morgan fingerprint density at radius 3 is 2.95 bits per heavy atom. The lowest BCUT2D eigenvalue weighted by Crippen LogP contribution is -2.50. The summed E-state index contributed by atoms with van der Waals surface area (Å²) in [5.74, 6) is 0. The van der Waals surface area contributed by atoms with Crippen LogP contribution in [-0.2, 0) is 10.2 Å². The molecule has 0 saturated carbocycles. The van der Waals surface area contributed by atoms with Gasteiger partial charge in [-0.05, 0) is 26.3 Å². The van der Waals surface area contributed by atoms with Crippen molar-refractivity contribution in [1.82, 2.24) is 14.6 Å². The molecule has 1 atom stereocenters. The zero-order valence-corrected chi connectivity index (χ0v) is 13.6. The van der Waals surface area contributed by atoms with Crippen molar-refractivity contribution in [1.29, 1.82) is 0 Å². The Balaban J connectivity index is 2.08. The van der Waals surface area contributed by atoms with Gasteiger partial charge in [0.15, 0.2) is 5.13 Å². The normalized spacial score (nSPS) is 21.0. The van der Waals surface area contributed by atoms with Gasteiger partial charge in [-0.15, -0.1) is 11.3 Å². The van der Waals surface area contributed by atoms with Crippen LogP contribution >= 0.6 is 11.3 Å². The predicted molar refractivity (Wildman–Crippen MR) is 82.3 cm³/mol. The second-order valence-corrected chi connectivity index (χ2v) is 7.81. The minimum Gasteiger partial charge on any atom is -0.315 e. The highest BCUT2D eigenvalue weighted by atomic mass is 32.2. The van der Waals surface area contributed by atoms with E-state index in [1.807, 2.05) is 13.8 Å². The van der Waals surface area contributed by atoms with Crippen molar-refractivity contribution in [2.45, 2.75) is 39.2 Å². The van der Waals surface area contributed by atoms with Gasteiger partial charge in [-0.1, -0.05) is 13.3 Å². The molecule has 0 spiro atoms. The molecule has 1 aromatic rings. The summed E-state index contributed by atoms with van der Waals surface area (Å²) < 4.78 is 29.2. The number of hydrogen-bond donors (Lipinski definition) is 2. The van der Waals surface area contributed by atoms with Crippen LogP contribution < -0.4 is 10.0 Å². The van der Waals surface area contributed by atoms with Crippen molar-refractivity contribution >= 4 is 26.7 Å². The molecule has 0 amide bonds. The van der Waals surface area contributed by atoms with Gasteiger partial charge >= 0.3 is 10.2 Å². The fourth-order valence-electron chi connectivity index (χ4n) is 2.38. The molecule has 1 aliphatic heterocycles. The Bertz CT molecular complexity index is 529. The molecule has 1 aromatic heterocycles. The van der Waals surface area contributed by atoms with Crippen LogP contribution in [0.15, 0.2) is 6.20 Å². The van der Waals surface area contributed by atoms with E-state index in [1.54, 1.807) is 10.5 Å². The number of hydrogen-bond acceptors (Lipinski definition) is 5. The number of anilines is 1. The number of aromatic nitrogens is 1. The van der Waals surface area contributed by atoms with Gasteiger partial charge in [0, 0.05) is 30.2 Å². The third-order valence-electron chi connectivity index (χ3n) is 3.35. The molecule has 2 rings (SSSR count). The molecule has 6 nitrogen and oxygen atoms in total. The molecule has 1 aliphatic rings. The molecule has 2 N–H and O–H groups in total. The van der Waals surface area contributed by atoms with Gasteiger partial charge in [0.05, 0.1) is 0 Å². The topological polar surface area (TPSA) is 74.3 Å². The van der Waals surface area contributed by atoms with Gasteiger partial charge in [0.1, 0.15) is 0 Å². The lowest BCUT2D eigenvalue weighted by Gasteiger charge is -2.34. The predicted octanol–water partition coefficient (Wildman–Crippen LogP) is 1.57. The maximum absolute atomic E-state index is 12.5. The lowest BCUT2D eigenvalue weighted by molar-refractivity contribution is 0.248. The summed E-state index contributed by atoms with van der Waals surface area (Å²) >= 11 is 1.35. The Morgan fingerprint density at radius 2 is 2.30 bits per heavy atom. The first kappa shape index (κ1) is 15.7. The fraction of sp³-hybridized carbons (Fsp3) is 0.750. The van der Waals surface area contributed by atoms with Crippen LogP contribution in [0.5, 0.6) is 0 Å².